The molecule has 1 amide bonds. The van der Waals surface area contributed by atoms with Gasteiger partial charge in [-0.3, -0.25) is 4.79 Å². The topological polar surface area (TPSA) is 50.7 Å². The Labute approximate surface area is 210 Å². The molecule has 0 saturated heterocycles. The fraction of sp³-hybridized carbons (Fsp3) is 0.200. The van der Waals surface area contributed by atoms with Crippen molar-refractivity contribution in [2.24, 2.45) is 5.10 Å². The van der Waals surface area contributed by atoms with Crippen molar-refractivity contribution in [3.63, 3.8) is 0 Å². The smallest absolute Gasteiger partial charge is 0.271 e. The van der Waals surface area contributed by atoms with Crippen LogP contribution in [0.15, 0.2) is 71.8 Å². The number of halogens is 2. The molecule has 0 saturated carbocycles. The van der Waals surface area contributed by atoms with Gasteiger partial charge in [-0.05, 0) is 91.6 Å². The first kappa shape index (κ1) is 23.7. The minimum absolute atomic E-state index is 0.0540. The van der Waals surface area contributed by atoms with Crippen LogP contribution in [0.3, 0.4) is 0 Å². The summed E-state index contributed by atoms with van der Waals surface area (Å²) in [5.74, 6) is 0.620. The van der Waals surface area contributed by atoms with Crippen LogP contribution >= 0.6 is 45.2 Å². The van der Waals surface area contributed by atoms with Crippen molar-refractivity contribution in [2.45, 2.75) is 32.8 Å². The molecule has 6 heteroatoms. The number of carbonyl (C=O) groups excluding carboxylic acids is 1. The molecule has 3 aromatic carbocycles. The van der Waals surface area contributed by atoms with Gasteiger partial charge in [0.2, 0.25) is 0 Å². The molecule has 0 aliphatic heterocycles. The molecule has 31 heavy (non-hydrogen) atoms. The van der Waals surface area contributed by atoms with E-state index in [0.717, 1.165) is 24.0 Å². The number of carbonyl (C=O) groups is 1. The number of benzene rings is 3. The Bertz CT molecular complexity index is 1050. The van der Waals surface area contributed by atoms with Crippen LogP contribution in [0.1, 0.15) is 47.8 Å². The van der Waals surface area contributed by atoms with Crippen molar-refractivity contribution in [3.8, 4) is 5.75 Å². The quantitative estimate of drug-likeness (QED) is 0.190. The van der Waals surface area contributed by atoms with Gasteiger partial charge in [0.15, 0.2) is 0 Å². The van der Waals surface area contributed by atoms with Gasteiger partial charge in [0.05, 0.1) is 13.4 Å². The number of nitrogens with one attached hydrogen (secondary N) is 1. The Morgan fingerprint density at radius 1 is 1.00 bits per heavy atom. The SMILES string of the molecule is CC(C)(C)c1ccc(C(=O)N/N=C\c2cc(I)c(OCc3ccccc3)c(I)c2)cc1. The summed E-state index contributed by atoms with van der Waals surface area (Å²) < 4.78 is 8.00. The average molecular weight is 638 g/mol. The molecule has 0 aliphatic rings. The Kier molecular flexibility index (Phi) is 8.10. The van der Waals surface area contributed by atoms with Crippen molar-refractivity contribution >= 4 is 57.3 Å². The summed E-state index contributed by atoms with van der Waals surface area (Å²) in [7, 11) is 0. The van der Waals surface area contributed by atoms with E-state index >= 15 is 0 Å². The number of hydrogen-bond donors (Lipinski definition) is 1. The van der Waals surface area contributed by atoms with Gasteiger partial charge in [-0.1, -0.05) is 63.2 Å². The molecule has 0 radical (unpaired) electrons. The number of hydrogen-bond acceptors (Lipinski definition) is 3. The van der Waals surface area contributed by atoms with Crippen LogP contribution in [0.25, 0.3) is 0 Å². The van der Waals surface area contributed by atoms with Gasteiger partial charge in [0.1, 0.15) is 12.4 Å². The third kappa shape index (κ3) is 6.77. The predicted octanol–water partition coefficient (Wildman–Crippen LogP) is 6.54. The Balaban J connectivity index is 1.62. The molecule has 1 N–H and O–H groups in total. The summed E-state index contributed by atoms with van der Waals surface area (Å²) in [5.41, 5.74) is 6.44. The van der Waals surface area contributed by atoms with Crippen LogP contribution in [0.2, 0.25) is 0 Å². The first-order valence-corrected chi connectivity index (χ1v) is 12.0. The molecule has 0 aromatic heterocycles. The average Bonchev–Trinajstić information content (AvgIpc) is 2.73. The van der Waals surface area contributed by atoms with Gasteiger partial charge in [-0.15, -0.1) is 0 Å². The Morgan fingerprint density at radius 3 is 2.19 bits per heavy atom. The lowest BCUT2D eigenvalue weighted by Gasteiger charge is -2.18. The molecule has 3 rings (SSSR count). The van der Waals surface area contributed by atoms with Gasteiger partial charge in [-0.2, -0.15) is 5.10 Å². The van der Waals surface area contributed by atoms with Crippen LogP contribution in [-0.2, 0) is 12.0 Å². The molecule has 3 aromatic rings. The molecule has 0 atom stereocenters. The standard InChI is InChI=1S/C25H24I2N2O2/c1-25(2,3)20-11-9-19(10-12-20)24(30)29-28-15-18-13-21(26)23(22(27)14-18)31-16-17-7-5-4-6-8-17/h4-15H,16H2,1-3H3,(H,29,30)/b28-15-. The molecule has 160 valence electrons. The van der Waals surface area contributed by atoms with Crippen molar-refractivity contribution in [2.75, 3.05) is 0 Å². The number of rotatable bonds is 6. The third-order valence-electron chi connectivity index (χ3n) is 4.64. The van der Waals surface area contributed by atoms with Crippen LogP contribution < -0.4 is 10.2 Å². The molecule has 4 nitrogen and oxygen atoms in total. The Hall–Kier alpha value is -1.94. The van der Waals surface area contributed by atoms with E-state index in [9.17, 15) is 4.79 Å². The van der Waals surface area contributed by atoms with Crippen LogP contribution in [0.5, 0.6) is 5.75 Å². The number of ether oxygens (including phenoxy) is 1. The molecular weight excluding hydrogens is 614 g/mol. The van der Waals surface area contributed by atoms with E-state index in [0.29, 0.717) is 12.2 Å². The van der Waals surface area contributed by atoms with Crippen molar-refractivity contribution < 1.29 is 9.53 Å². The molecule has 0 fully saturated rings. The minimum Gasteiger partial charge on any atom is -0.487 e. The second kappa shape index (κ2) is 10.6. The zero-order valence-corrected chi connectivity index (χ0v) is 22.0. The highest BCUT2D eigenvalue weighted by Gasteiger charge is 2.14. The van der Waals surface area contributed by atoms with Gasteiger partial charge < -0.3 is 4.74 Å². The normalized spacial score (nSPS) is 11.5. The zero-order chi connectivity index (χ0) is 22.4. The third-order valence-corrected chi connectivity index (χ3v) is 6.24. The maximum Gasteiger partial charge on any atom is 0.271 e. The van der Waals surface area contributed by atoms with E-state index in [4.69, 9.17) is 4.74 Å². The molecule has 0 aliphatic carbocycles. The van der Waals surface area contributed by atoms with Crippen molar-refractivity contribution in [3.05, 3.63) is 96.1 Å². The first-order valence-electron chi connectivity index (χ1n) is 9.84. The highest BCUT2D eigenvalue weighted by molar-refractivity contribution is 14.1. The number of nitrogens with zero attached hydrogens (tertiary/aromatic N) is 1. The monoisotopic (exact) mass is 638 g/mol. The van der Waals surface area contributed by atoms with E-state index in [1.807, 2.05) is 66.7 Å². The molecule has 0 heterocycles. The summed E-state index contributed by atoms with van der Waals surface area (Å²) in [6.07, 6.45) is 1.65. The Morgan fingerprint density at radius 2 is 1.61 bits per heavy atom. The van der Waals surface area contributed by atoms with E-state index in [-0.39, 0.29) is 11.3 Å². The van der Waals surface area contributed by atoms with E-state index in [1.54, 1.807) is 6.21 Å². The summed E-state index contributed by atoms with van der Waals surface area (Å²) in [5, 5.41) is 4.12. The van der Waals surface area contributed by atoms with E-state index < -0.39 is 0 Å². The van der Waals surface area contributed by atoms with Gasteiger partial charge in [0.25, 0.3) is 5.91 Å². The van der Waals surface area contributed by atoms with Crippen molar-refractivity contribution in [1.29, 1.82) is 0 Å². The number of hydrazone groups is 1. The predicted molar refractivity (Wildman–Crippen MR) is 143 cm³/mol. The summed E-state index contributed by atoms with van der Waals surface area (Å²) in [4.78, 5) is 12.4. The maximum absolute atomic E-state index is 12.4. The van der Waals surface area contributed by atoms with E-state index in [1.165, 1.54) is 5.56 Å². The maximum atomic E-state index is 12.4. The highest BCUT2D eigenvalue weighted by atomic mass is 127. The second-order valence-corrected chi connectivity index (χ2v) is 10.4. The highest BCUT2D eigenvalue weighted by Crippen LogP contribution is 2.29. The molecular formula is C25H24I2N2O2. The van der Waals surface area contributed by atoms with Gasteiger partial charge in [-0.25, -0.2) is 5.43 Å². The first-order chi connectivity index (χ1) is 14.7. The van der Waals surface area contributed by atoms with Crippen molar-refractivity contribution in [1.82, 2.24) is 5.43 Å². The zero-order valence-electron chi connectivity index (χ0n) is 17.7. The lowest BCUT2D eigenvalue weighted by Crippen LogP contribution is -2.18. The minimum atomic E-state index is -0.232. The van der Waals surface area contributed by atoms with Crippen LogP contribution in [0, 0.1) is 7.14 Å². The van der Waals surface area contributed by atoms with Crippen LogP contribution in [0.4, 0.5) is 0 Å². The lowest BCUT2D eigenvalue weighted by molar-refractivity contribution is 0.0955. The van der Waals surface area contributed by atoms with Gasteiger partial charge >= 0.3 is 0 Å². The second-order valence-electron chi connectivity index (χ2n) is 8.11. The summed E-state index contributed by atoms with van der Waals surface area (Å²) in [6.45, 7) is 6.96. The summed E-state index contributed by atoms with van der Waals surface area (Å²) in [6, 6.07) is 21.7. The molecule has 0 spiro atoms. The fourth-order valence-electron chi connectivity index (χ4n) is 2.87. The molecule has 0 bridgehead atoms. The lowest BCUT2D eigenvalue weighted by atomic mass is 9.87. The summed E-state index contributed by atoms with van der Waals surface area (Å²) >= 11 is 4.52. The fourth-order valence-corrected chi connectivity index (χ4v) is 5.00. The van der Waals surface area contributed by atoms with Gasteiger partial charge in [0, 0.05) is 5.56 Å². The largest absolute Gasteiger partial charge is 0.487 e. The van der Waals surface area contributed by atoms with E-state index in [2.05, 4.69) is 76.5 Å². The number of amides is 1. The van der Waals surface area contributed by atoms with Crippen LogP contribution in [-0.4, -0.2) is 12.1 Å². The molecule has 0 unspecified atom stereocenters.